The highest BCUT2D eigenvalue weighted by Crippen LogP contribution is 2.26. The summed E-state index contributed by atoms with van der Waals surface area (Å²) in [4.78, 5) is 0. The molecule has 0 aromatic carbocycles. The van der Waals surface area contributed by atoms with Gasteiger partial charge in [0.1, 0.15) is 7.85 Å². The molecule has 0 unspecified atom stereocenters. The van der Waals surface area contributed by atoms with Crippen LogP contribution in [0.2, 0.25) is 30.5 Å². The van der Waals surface area contributed by atoms with Gasteiger partial charge in [0.05, 0.1) is 8.07 Å². The Labute approximate surface area is 74.2 Å². The number of hydrogen-bond acceptors (Lipinski definition) is 0. The highest BCUT2D eigenvalue weighted by molar-refractivity contribution is 6.79. The summed E-state index contributed by atoms with van der Waals surface area (Å²) in [7, 11) is 1.57. The van der Waals surface area contributed by atoms with Crippen molar-refractivity contribution >= 4 is 15.9 Å². The summed E-state index contributed by atoms with van der Waals surface area (Å²) >= 11 is 0. The third kappa shape index (κ3) is 3.46. The van der Waals surface area contributed by atoms with Crippen molar-refractivity contribution in [3.8, 4) is 0 Å². The van der Waals surface area contributed by atoms with E-state index in [4.69, 9.17) is 0 Å². The van der Waals surface area contributed by atoms with Gasteiger partial charge in [0.2, 0.25) is 0 Å². The molecular formula is C9H23BSi. The maximum atomic E-state index is 2.40. The lowest BCUT2D eigenvalue weighted by Crippen LogP contribution is -2.30. The molecule has 0 fully saturated rings. The molecule has 11 heavy (non-hydrogen) atoms. The van der Waals surface area contributed by atoms with Crippen LogP contribution in [0.15, 0.2) is 0 Å². The van der Waals surface area contributed by atoms with E-state index >= 15 is 0 Å². The molecule has 0 aliphatic heterocycles. The van der Waals surface area contributed by atoms with Gasteiger partial charge in [-0.2, -0.15) is 0 Å². The summed E-state index contributed by atoms with van der Waals surface area (Å²) in [6.07, 6.45) is 2.86. The van der Waals surface area contributed by atoms with Crippen molar-refractivity contribution in [1.82, 2.24) is 0 Å². The Morgan fingerprint density at radius 3 is 1.73 bits per heavy atom. The van der Waals surface area contributed by atoms with Crippen molar-refractivity contribution in [1.29, 1.82) is 0 Å². The standard InChI is InChI=1S/C9H23BSi/c1-4-11(5-2,6-3)9-7-8-10/h4-10H2,1-3H3. The van der Waals surface area contributed by atoms with Crippen LogP contribution in [0.4, 0.5) is 0 Å². The van der Waals surface area contributed by atoms with E-state index in [2.05, 4.69) is 28.6 Å². The molecule has 0 heterocycles. The summed E-state index contributed by atoms with van der Waals surface area (Å²) in [5, 5.41) is 0. The van der Waals surface area contributed by atoms with Crippen LogP contribution in [0, 0.1) is 0 Å². The molecule has 66 valence electrons. The monoisotopic (exact) mass is 170 g/mol. The first-order valence-corrected chi connectivity index (χ1v) is 8.07. The zero-order valence-electron chi connectivity index (χ0n) is 8.74. The zero-order chi connectivity index (χ0) is 8.74. The Bertz CT molecular complexity index is 81.3. The molecule has 0 amide bonds. The minimum atomic E-state index is -0.738. The van der Waals surface area contributed by atoms with E-state index in [1.54, 1.807) is 6.04 Å². The van der Waals surface area contributed by atoms with Crippen molar-refractivity contribution in [3.63, 3.8) is 0 Å². The zero-order valence-corrected chi connectivity index (χ0v) is 9.74. The third-order valence-corrected chi connectivity index (χ3v) is 9.22. The smallest absolute Gasteiger partial charge is 0.0813 e. The first kappa shape index (κ1) is 11.3. The Hall–Kier alpha value is 0.282. The Balaban J connectivity index is 3.84. The summed E-state index contributed by atoms with van der Waals surface area (Å²) < 4.78 is 0. The van der Waals surface area contributed by atoms with Crippen LogP contribution in [0.25, 0.3) is 0 Å². The highest BCUT2D eigenvalue weighted by atomic mass is 28.3. The third-order valence-electron chi connectivity index (χ3n) is 3.31. The van der Waals surface area contributed by atoms with Crippen molar-refractivity contribution in [2.45, 2.75) is 57.7 Å². The van der Waals surface area contributed by atoms with E-state index in [0.717, 1.165) is 0 Å². The fourth-order valence-corrected chi connectivity index (χ4v) is 5.50. The largest absolute Gasteiger partial charge is 0.101 e. The van der Waals surface area contributed by atoms with Gasteiger partial charge in [0, 0.05) is 0 Å². The second-order valence-corrected chi connectivity index (χ2v) is 9.29. The minimum absolute atomic E-state index is 0.738. The van der Waals surface area contributed by atoms with Crippen LogP contribution < -0.4 is 0 Å². The fourth-order valence-electron chi connectivity index (χ4n) is 1.83. The van der Waals surface area contributed by atoms with E-state index in [-0.39, 0.29) is 0 Å². The van der Waals surface area contributed by atoms with Crippen molar-refractivity contribution in [2.24, 2.45) is 0 Å². The fraction of sp³-hybridized carbons (Fsp3) is 1.00. The SMILES string of the molecule is BCCC[Si](CC)(CC)CC. The lowest BCUT2D eigenvalue weighted by Gasteiger charge is -2.27. The second-order valence-electron chi connectivity index (χ2n) is 3.66. The normalized spacial score (nSPS) is 11.9. The molecule has 0 rings (SSSR count). The van der Waals surface area contributed by atoms with Crippen molar-refractivity contribution < 1.29 is 0 Å². The van der Waals surface area contributed by atoms with Crippen LogP contribution in [-0.4, -0.2) is 15.9 Å². The topological polar surface area (TPSA) is 0 Å². The maximum absolute atomic E-state index is 2.40. The number of rotatable bonds is 6. The van der Waals surface area contributed by atoms with Crippen molar-refractivity contribution in [3.05, 3.63) is 0 Å². The van der Waals surface area contributed by atoms with Crippen LogP contribution in [0.5, 0.6) is 0 Å². The first-order valence-electron chi connectivity index (χ1n) is 5.24. The van der Waals surface area contributed by atoms with E-state index in [0.29, 0.717) is 0 Å². The van der Waals surface area contributed by atoms with Gasteiger partial charge in [-0.25, -0.2) is 0 Å². The van der Waals surface area contributed by atoms with E-state index in [1.807, 2.05) is 0 Å². The maximum Gasteiger partial charge on any atom is 0.101 e. The Morgan fingerprint density at radius 2 is 1.45 bits per heavy atom. The summed E-state index contributed by atoms with van der Waals surface area (Å²) in [5.41, 5.74) is 0. The van der Waals surface area contributed by atoms with Crippen LogP contribution in [0.1, 0.15) is 27.2 Å². The van der Waals surface area contributed by atoms with Gasteiger partial charge in [-0.15, -0.1) is 0 Å². The Morgan fingerprint density at radius 1 is 1.00 bits per heavy atom. The van der Waals surface area contributed by atoms with E-state index < -0.39 is 8.07 Å². The first-order chi connectivity index (χ1) is 5.24. The van der Waals surface area contributed by atoms with Gasteiger partial charge in [-0.3, -0.25) is 0 Å². The lowest BCUT2D eigenvalue weighted by molar-refractivity contribution is 0.988. The average molecular weight is 170 g/mol. The lowest BCUT2D eigenvalue weighted by atomic mass is 10.0. The quantitative estimate of drug-likeness (QED) is 0.537. The van der Waals surface area contributed by atoms with Gasteiger partial charge < -0.3 is 0 Å². The molecule has 0 aromatic rings. The van der Waals surface area contributed by atoms with Crippen LogP contribution in [-0.2, 0) is 0 Å². The van der Waals surface area contributed by atoms with Crippen LogP contribution >= 0.6 is 0 Å². The molecule has 0 aliphatic rings. The molecule has 0 radical (unpaired) electrons. The summed E-state index contributed by atoms with van der Waals surface area (Å²) in [6.45, 7) is 7.19. The molecule has 0 aromatic heterocycles. The summed E-state index contributed by atoms with van der Waals surface area (Å²) in [6, 6.07) is 6.08. The molecule has 0 spiro atoms. The molecule has 2 heteroatoms. The average Bonchev–Trinajstić information content (AvgIpc) is 2.08. The van der Waals surface area contributed by atoms with Crippen molar-refractivity contribution in [2.75, 3.05) is 0 Å². The second kappa shape index (κ2) is 5.87. The number of hydrogen-bond donors (Lipinski definition) is 0. The van der Waals surface area contributed by atoms with E-state index in [1.165, 1.54) is 30.9 Å². The molecule has 0 bridgehead atoms. The molecular weight excluding hydrogens is 147 g/mol. The molecule has 0 aliphatic carbocycles. The minimum Gasteiger partial charge on any atom is -0.0813 e. The van der Waals surface area contributed by atoms with Gasteiger partial charge in [-0.1, -0.05) is 57.7 Å². The highest BCUT2D eigenvalue weighted by Gasteiger charge is 2.24. The van der Waals surface area contributed by atoms with Gasteiger partial charge in [0.15, 0.2) is 0 Å². The van der Waals surface area contributed by atoms with Crippen LogP contribution in [0.3, 0.4) is 0 Å². The van der Waals surface area contributed by atoms with Gasteiger partial charge in [-0.05, 0) is 0 Å². The molecule has 0 saturated heterocycles. The van der Waals surface area contributed by atoms with E-state index in [9.17, 15) is 0 Å². The molecule has 0 atom stereocenters. The Kier molecular flexibility index (Phi) is 6.02. The molecule has 0 N–H and O–H groups in total. The molecule has 0 saturated carbocycles. The van der Waals surface area contributed by atoms with Gasteiger partial charge in [0.25, 0.3) is 0 Å². The summed E-state index contributed by atoms with van der Waals surface area (Å²) in [5.74, 6) is 0. The van der Waals surface area contributed by atoms with Gasteiger partial charge >= 0.3 is 0 Å². The predicted molar refractivity (Wildman–Crippen MR) is 60.0 cm³/mol. The molecule has 0 nitrogen and oxygen atoms in total. The predicted octanol–water partition coefficient (Wildman–Crippen LogP) is 2.94.